The first kappa shape index (κ1) is 26.2. The minimum Gasteiger partial charge on any atom is -0.508 e. The zero-order valence-corrected chi connectivity index (χ0v) is 20.8. The van der Waals surface area contributed by atoms with Gasteiger partial charge in [-0.25, -0.2) is 0 Å². The second kappa shape index (κ2) is 8.96. The summed E-state index contributed by atoms with van der Waals surface area (Å²) in [5.41, 5.74) is -3.74. The smallest absolute Gasteiger partial charge is 0.178 e. The lowest BCUT2D eigenvalue weighted by molar-refractivity contribution is -0.176. The molecule has 0 heterocycles. The Labute approximate surface area is 204 Å². The van der Waals surface area contributed by atoms with E-state index in [0.717, 1.165) is 0 Å². The van der Waals surface area contributed by atoms with E-state index >= 15 is 0 Å². The predicted octanol–water partition coefficient (Wildman–Crippen LogP) is 4.19. The zero-order chi connectivity index (χ0) is 26.5. The molecule has 5 atom stereocenters. The highest BCUT2D eigenvalue weighted by molar-refractivity contribution is 6.23. The first-order valence-electron chi connectivity index (χ1n) is 11.5. The quantitative estimate of drug-likeness (QED) is 0.124. The normalized spacial score (nSPS) is 32.4. The molecule has 5 unspecified atom stereocenters. The molecule has 3 fully saturated rings. The summed E-state index contributed by atoms with van der Waals surface area (Å²) in [6.45, 7) is 9.18. The summed E-state index contributed by atoms with van der Waals surface area (Å²) in [4.78, 5) is 41.1. The van der Waals surface area contributed by atoms with Crippen LogP contribution >= 0.6 is 0 Å². The van der Waals surface area contributed by atoms with Gasteiger partial charge in [0.1, 0.15) is 22.9 Å². The van der Waals surface area contributed by atoms with Gasteiger partial charge in [0.25, 0.3) is 0 Å². The standard InChI is InChI=1S/C28H32O7/c1-7-9-10-12-18(29)20-21-19(24(32)16-13-14(3)22(30)15(4)23(16)31)17(11-8-2)27(5,25(20)33)26(34)28(21,6)35/h7-13,17,19,21,29-31,35H,1-6H3. The van der Waals surface area contributed by atoms with Crippen molar-refractivity contribution in [1.82, 2.24) is 0 Å². The summed E-state index contributed by atoms with van der Waals surface area (Å²) < 4.78 is 0. The van der Waals surface area contributed by atoms with Crippen LogP contribution in [0.15, 0.2) is 53.9 Å². The average molecular weight is 481 g/mol. The van der Waals surface area contributed by atoms with Crippen molar-refractivity contribution in [3.63, 3.8) is 0 Å². The maximum absolute atomic E-state index is 14.0. The number of aromatic hydroxyl groups is 2. The molecular weight excluding hydrogens is 448 g/mol. The van der Waals surface area contributed by atoms with Crippen molar-refractivity contribution >= 4 is 17.3 Å². The van der Waals surface area contributed by atoms with Crippen LogP contribution in [-0.4, -0.2) is 43.4 Å². The van der Waals surface area contributed by atoms with Gasteiger partial charge in [-0.15, -0.1) is 0 Å². The Bertz CT molecular complexity index is 1230. The van der Waals surface area contributed by atoms with E-state index in [4.69, 9.17) is 0 Å². The molecule has 1 aromatic rings. The second-order valence-electron chi connectivity index (χ2n) is 9.67. The van der Waals surface area contributed by atoms with Gasteiger partial charge in [0.15, 0.2) is 17.3 Å². The third kappa shape index (κ3) is 3.65. The van der Waals surface area contributed by atoms with Crippen LogP contribution < -0.4 is 0 Å². The van der Waals surface area contributed by atoms with E-state index in [1.54, 1.807) is 45.1 Å². The third-order valence-electron chi connectivity index (χ3n) is 7.48. The molecule has 2 bridgehead atoms. The van der Waals surface area contributed by atoms with Crippen molar-refractivity contribution in [2.24, 2.45) is 23.2 Å². The number of carbonyl (C=O) groups is 3. The Morgan fingerprint density at radius 3 is 2.23 bits per heavy atom. The molecule has 0 radical (unpaired) electrons. The van der Waals surface area contributed by atoms with Crippen LogP contribution in [0.4, 0.5) is 0 Å². The number of aryl methyl sites for hydroxylation is 1. The lowest BCUT2D eigenvalue weighted by atomic mass is 9.43. The topological polar surface area (TPSA) is 132 Å². The Balaban J connectivity index is 2.37. The molecule has 0 aromatic heterocycles. The predicted molar refractivity (Wildman–Crippen MR) is 131 cm³/mol. The number of rotatable bonds is 5. The zero-order valence-electron chi connectivity index (χ0n) is 20.8. The number of phenols is 2. The molecule has 1 aromatic carbocycles. The highest BCUT2D eigenvalue weighted by Gasteiger charge is 2.72. The number of hydrogen-bond donors (Lipinski definition) is 4. The summed E-state index contributed by atoms with van der Waals surface area (Å²) >= 11 is 0. The molecule has 0 aliphatic heterocycles. The molecular formula is C28H32O7. The Kier molecular flexibility index (Phi) is 6.70. The highest BCUT2D eigenvalue weighted by Crippen LogP contribution is 2.60. The van der Waals surface area contributed by atoms with Gasteiger partial charge < -0.3 is 20.4 Å². The van der Waals surface area contributed by atoms with Gasteiger partial charge in [0, 0.05) is 28.9 Å². The van der Waals surface area contributed by atoms with Crippen molar-refractivity contribution in [2.45, 2.75) is 47.1 Å². The fourth-order valence-electron chi connectivity index (χ4n) is 5.66. The fraction of sp³-hybridized carbons (Fsp3) is 0.393. The highest BCUT2D eigenvalue weighted by atomic mass is 16.3. The number of ketones is 3. The van der Waals surface area contributed by atoms with E-state index in [1.807, 2.05) is 0 Å². The molecule has 7 nitrogen and oxygen atoms in total. The minimum atomic E-state index is -2.13. The average Bonchev–Trinajstić information content (AvgIpc) is 2.80. The lowest BCUT2D eigenvalue weighted by Crippen LogP contribution is -2.71. The molecule has 7 heteroatoms. The molecule has 4 N–H and O–H groups in total. The van der Waals surface area contributed by atoms with Crippen LogP contribution in [0, 0.1) is 37.0 Å². The third-order valence-corrected chi connectivity index (χ3v) is 7.48. The van der Waals surface area contributed by atoms with E-state index < -0.39 is 57.6 Å². The van der Waals surface area contributed by atoms with Gasteiger partial charge >= 0.3 is 0 Å². The van der Waals surface area contributed by atoms with Crippen LogP contribution in [0.1, 0.15) is 49.2 Å². The molecule has 0 saturated heterocycles. The summed E-state index contributed by atoms with van der Waals surface area (Å²) in [5, 5.41) is 43.2. The number of aliphatic hydroxyl groups excluding tert-OH is 1. The van der Waals surface area contributed by atoms with Gasteiger partial charge in [0.05, 0.1) is 11.0 Å². The molecule has 186 valence electrons. The second-order valence-corrected chi connectivity index (χ2v) is 9.67. The minimum absolute atomic E-state index is 0.0903. The summed E-state index contributed by atoms with van der Waals surface area (Å²) in [7, 11) is 0. The van der Waals surface area contributed by atoms with E-state index in [9.17, 15) is 34.8 Å². The molecule has 35 heavy (non-hydrogen) atoms. The molecule has 3 aliphatic carbocycles. The number of Topliss-reactive ketones (excluding diaryl/α,β-unsaturated/α-hetero) is 3. The lowest BCUT2D eigenvalue weighted by Gasteiger charge is -2.57. The van der Waals surface area contributed by atoms with E-state index in [1.165, 1.54) is 39.0 Å². The Morgan fingerprint density at radius 1 is 1.03 bits per heavy atom. The molecule has 4 rings (SSSR count). The van der Waals surface area contributed by atoms with Crippen LogP contribution in [-0.2, 0) is 9.59 Å². The van der Waals surface area contributed by atoms with Gasteiger partial charge in [-0.05, 0) is 59.2 Å². The van der Waals surface area contributed by atoms with E-state index in [2.05, 4.69) is 0 Å². The SMILES string of the molecule is CC=CC=CC(O)=C1C(=O)C2(C)C(=O)C(C)(O)C1C(C(=O)c1cc(C)c(O)c(C)c1O)C2C=CC. The number of phenolic OH excluding ortho intramolecular Hbond substituents is 2. The van der Waals surface area contributed by atoms with Crippen molar-refractivity contribution in [2.75, 3.05) is 0 Å². The maximum atomic E-state index is 14.0. The summed E-state index contributed by atoms with van der Waals surface area (Å²) in [6.07, 6.45) is 9.39. The molecule has 0 amide bonds. The van der Waals surface area contributed by atoms with Gasteiger partial charge in [-0.1, -0.05) is 30.4 Å². The summed E-state index contributed by atoms with van der Waals surface area (Å²) in [5.74, 6) is -6.39. The van der Waals surface area contributed by atoms with Crippen molar-refractivity contribution < 1.29 is 34.8 Å². The van der Waals surface area contributed by atoms with Crippen molar-refractivity contribution in [1.29, 1.82) is 0 Å². The van der Waals surface area contributed by atoms with Crippen LogP contribution in [0.2, 0.25) is 0 Å². The number of aliphatic hydroxyl groups is 2. The van der Waals surface area contributed by atoms with Crippen molar-refractivity contribution in [3.8, 4) is 11.5 Å². The summed E-state index contributed by atoms with van der Waals surface area (Å²) in [6, 6.07) is 1.35. The monoisotopic (exact) mass is 480 g/mol. The number of hydrogen-bond acceptors (Lipinski definition) is 7. The first-order chi connectivity index (χ1) is 16.3. The largest absolute Gasteiger partial charge is 0.508 e. The van der Waals surface area contributed by atoms with Crippen LogP contribution in [0.5, 0.6) is 11.5 Å². The van der Waals surface area contributed by atoms with Gasteiger partial charge in [-0.3, -0.25) is 14.4 Å². The van der Waals surface area contributed by atoms with E-state index in [0.29, 0.717) is 5.56 Å². The fourth-order valence-corrected chi connectivity index (χ4v) is 5.66. The van der Waals surface area contributed by atoms with Crippen LogP contribution in [0.25, 0.3) is 0 Å². The maximum Gasteiger partial charge on any atom is 0.178 e. The van der Waals surface area contributed by atoms with E-state index in [-0.39, 0.29) is 22.4 Å². The van der Waals surface area contributed by atoms with Gasteiger partial charge in [-0.2, -0.15) is 0 Å². The number of benzene rings is 1. The Hall–Kier alpha value is -3.45. The molecule has 3 saturated carbocycles. The van der Waals surface area contributed by atoms with Gasteiger partial charge in [0.2, 0.25) is 0 Å². The number of carbonyl (C=O) groups excluding carboxylic acids is 3. The van der Waals surface area contributed by atoms with Crippen molar-refractivity contribution in [3.05, 3.63) is 70.5 Å². The van der Waals surface area contributed by atoms with Crippen LogP contribution in [0.3, 0.4) is 0 Å². The molecule has 0 spiro atoms. The Morgan fingerprint density at radius 2 is 1.66 bits per heavy atom. The number of fused-ring (bicyclic) bond motifs is 3. The molecule has 3 aliphatic rings. The number of allylic oxidation sites excluding steroid dienone is 6. The first-order valence-corrected chi connectivity index (χ1v) is 11.5.